The zero-order chi connectivity index (χ0) is 31.8. The second-order valence-corrected chi connectivity index (χ2v) is 31.6. The molecule has 0 N–H and O–H groups in total. The van der Waals surface area contributed by atoms with Gasteiger partial charge in [-0.15, -0.1) is 23.1 Å². The van der Waals surface area contributed by atoms with E-state index < -0.39 is 24.2 Å². The van der Waals surface area contributed by atoms with Gasteiger partial charge in [-0.1, -0.05) is 148 Å². The van der Waals surface area contributed by atoms with Crippen molar-refractivity contribution in [2.24, 2.45) is 0 Å². The van der Waals surface area contributed by atoms with E-state index in [1.54, 1.807) is 0 Å². The molecule has 0 aromatic heterocycles. The van der Waals surface area contributed by atoms with Crippen LogP contribution in [0.15, 0.2) is 11.1 Å². The van der Waals surface area contributed by atoms with E-state index in [0.29, 0.717) is 55.4 Å². The minimum Gasteiger partial charge on any atom is -0.124 e. The molecule has 0 spiro atoms. The molecule has 0 aliphatic carbocycles. The average Bonchev–Trinajstić information content (AvgIpc) is 2.79. The molecule has 0 fully saturated rings. The van der Waals surface area contributed by atoms with E-state index in [9.17, 15) is 0 Å². The molecule has 0 amide bonds. The van der Waals surface area contributed by atoms with Crippen LogP contribution in [-0.4, -0.2) is 24.2 Å². The first-order chi connectivity index (χ1) is 18.2. The highest BCUT2D eigenvalue weighted by Crippen LogP contribution is 2.43. The molecular weight excluding hydrogens is 529 g/mol. The van der Waals surface area contributed by atoms with E-state index in [1.807, 2.05) is 0 Å². The third-order valence-electron chi connectivity index (χ3n) is 10.2. The van der Waals surface area contributed by atoms with Crippen LogP contribution >= 0.6 is 0 Å². The van der Waals surface area contributed by atoms with E-state index in [2.05, 4.69) is 165 Å². The molecule has 40 heavy (non-hydrogen) atoms. The summed E-state index contributed by atoms with van der Waals surface area (Å²) in [5, 5.41) is 0. The maximum atomic E-state index is 6.26. The molecule has 0 aromatic carbocycles. The Morgan fingerprint density at radius 3 is 0.675 bits per heavy atom. The molecule has 0 nitrogen and oxygen atoms in total. The van der Waals surface area contributed by atoms with E-state index in [-0.39, 0.29) is 0 Å². The molecule has 3 heteroatoms. The van der Waals surface area contributed by atoms with Crippen molar-refractivity contribution < 1.29 is 0 Å². The van der Waals surface area contributed by atoms with Crippen LogP contribution in [0, 0.1) is 46.7 Å². The molecule has 0 heterocycles. The second-order valence-electron chi connectivity index (χ2n) is 14.8. The van der Waals surface area contributed by atoms with Gasteiger partial charge < -0.3 is 0 Å². The molecule has 0 saturated heterocycles. The molecule has 0 aliphatic rings. The maximum Gasteiger partial charge on any atom is 0.146 e. The highest BCUT2D eigenvalue weighted by atomic mass is 28.3. The molecule has 0 radical (unpaired) electrons. The normalized spacial score (nSPS) is 12.7. The van der Waals surface area contributed by atoms with Gasteiger partial charge in [0.05, 0.1) is 11.1 Å². The molecule has 0 rings (SSSR count). The van der Waals surface area contributed by atoms with Gasteiger partial charge in [0.2, 0.25) is 0 Å². The van der Waals surface area contributed by atoms with Gasteiger partial charge in [0.1, 0.15) is 24.2 Å². The van der Waals surface area contributed by atoms with Crippen LogP contribution < -0.4 is 0 Å². The molecule has 0 saturated carbocycles. The van der Waals surface area contributed by atoms with Crippen molar-refractivity contribution in [3.8, 4) is 46.7 Å². The van der Waals surface area contributed by atoms with Crippen molar-refractivity contribution >= 4 is 24.2 Å². The highest BCUT2D eigenvalue weighted by Gasteiger charge is 2.44. The number of allylic oxidation sites excluding steroid dienone is 2. The Balaban J connectivity index is 7.98. The SMILES string of the molecule is C#CC(C#C[Si](C(C)C)(C(C)C)C(C)C)=C(C#C[Si](C(C)C)(C(C)C)C(C)C)C#C[Si](C(C)C)(C(C)C)C(C)C. The van der Waals surface area contributed by atoms with Crippen molar-refractivity contribution in [2.75, 3.05) is 0 Å². The van der Waals surface area contributed by atoms with Gasteiger partial charge in [0.25, 0.3) is 0 Å². The fraction of sp³-hybridized carbons (Fsp3) is 0.730. The average molecular weight is 593 g/mol. The monoisotopic (exact) mass is 592 g/mol. The summed E-state index contributed by atoms with van der Waals surface area (Å²) in [6.07, 6.45) is 6.26. The summed E-state index contributed by atoms with van der Waals surface area (Å²) in [6, 6.07) is 0. The van der Waals surface area contributed by atoms with E-state index in [0.717, 1.165) is 5.57 Å². The Kier molecular flexibility index (Phi) is 15.2. The van der Waals surface area contributed by atoms with Crippen molar-refractivity contribution in [2.45, 2.75) is 174 Å². The van der Waals surface area contributed by atoms with Crippen molar-refractivity contribution in [1.82, 2.24) is 0 Å². The molecule has 224 valence electrons. The summed E-state index contributed by atoms with van der Waals surface area (Å²) < 4.78 is 0. The lowest BCUT2D eigenvalue weighted by molar-refractivity contribution is 0.838. The van der Waals surface area contributed by atoms with Crippen molar-refractivity contribution in [1.29, 1.82) is 0 Å². The van der Waals surface area contributed by atoms with Crippen LogP contribution in [0.5, 0.6) is 0 Å². The maximum absolute atomic E-state index is 6.26. The minimum absolute atomic E-state index is 0.547. The second kappa shape index (κ2) is 15.7. The molecule has 0 atom stereocenters. The Labute approximate surface area is 255 Å². The fourth-order valence-electron chi connectivity index (χ4n) is 8.14. The lowest BCUT2D eigenvalue weighted by Crippen LogP contribution is -2.43. The van der Waals surface area contributed by atoms with Gasteiger partial charge in [-0.05, 0) is 49.9 Å². The largest absolute Gasteiger partial charge is 0.146 e. The summed E-state index contributed by atoms with van der Waals surface area (Å²) in [5.74, 6) is 13.9. The van der Waals surface area contributed by atoms with Gasteiger partial charge in [-0.3, -0.25) is 0 Å². The predicted molar refractivity (Wildman–Crippen MR) is 192 cm³/mol. The van der Waals surface area contributed by atoms with E-state index in [4.69, 9.17) is 6.42 Å². The highest BCUT2D eigenvalue weighted by molar-refractivity contribution is 6.91. The predicted octanol–water partition coefficient (Wildman–Crippen LogP) is 11.6. The van der Waals surface area contributed by atoms with E-state index >= 15 is 0 Å². The molecular formula is C37H64Si3. The smallest absolute Gasteiger partial charge is 0.124 e. The zero-order valence-corrected chi connectivity index (χ0v) is 32.8. The van der Waals surface area contributed by atoms with Gasteiger partial charge in [-0.2, -0.15) is 0 Å². The first-order valence-electron chi connectivity index (χ1n) is 16.0. The van der Waals surface area contributed by atoms with Crippen LogP contribution in [0.2, 0.25) is 49.9 Å². The Morgan fingerprint density at radius 2 is 0.525 bits per heavy atom. The summed E-state index contributed by atoms with van der Waals surface area (Å²) in [7, 11) is -5.87. The third kappa shape index (κ3) is 7.92. The van der Waals surface area contributed by atoms with Gasteiger partial charge in [0.15, 0.2) is 0 Å². The van der Waals surface area contributed by atoms with Gasteiger partial charge in [0, 0.05) is 0 Å². The first kappa shape index (κ1) is 38.6. The molecule has 0 aromatic rings. The van der Waals surface area contributed by atoms with Gasteiger partial charge in [-0.25, -0.2) is 0 Å². The summed E-state index contributed by atoms with van der Waals surface area (Å²) in [5.41, 5.74) is 18.2. The van der Waals surface area contributed by atoms with Crippen molar-refractivity contribution in [3.63, 3.8) is 0 Å². The molecule has 0 unspecified atom stereocenters. The van der Waals surface area contributed by atoms with Crippen LogP contribution in [0.25, 0.3) is 0 Å². The number of terminal acetylenes is 1. The quantitative estimate of drug-likeness (QED) is 0.184. The summed E-state index contributed by atoms with van der Waals surface area (Å²) in [4.78, 5) is 0. The Morgan fingerprint density at radius 1 is 0.350 bits per heavy atom. The first-order valence-corrected chi connectivity index (χ1v) is 22.7. The summed E-state index contributed by atoms with van der Waals surface area (Å²) in [6.45, 7) is 42.4. The number of hydrogen-bond acceptors (Lipinski definition) is 0. The van der Waals surface area contributed by atoms with Crippen molar-refractivity contribution in [3.05, 3.63) is 11.1 Å². The third-order valence-corrected chi connectivity index (χ3v) is 29.1. The fourth-order valence-corrected chi connectivity index (χ4v) is 23.8. The van der Waals surface area contributed by atoms with Gasteiger partial charge >= 0.3 is 0 Å². The molecule has 0 bridgehead atoms. The molecule has 0 aliphatic heterocycles. The standard InChI is InChI=1S/C37H64Si3/c1-20-36(21-24-38(27(2)3,28(4)5)29(6)7)37(22-25-39(30(8)9,31(10)11)32(12)13)23-26-40(33(14)15,34(16)17)35(18)19/h1,27-35H,2-19H3. The zero-order valence-electron chi connectivity index (χ0n) is 29.8. The van der Waals surface area contributed by atoms with Crippen LogP contribution in [0.4, 0.5) is 0 Å². The lowest BCUT2D eigenvalue weighted by atomic mass is 10.1. The lowest BCUT2D eigenvalue weighted by Gasteiger charge is -2.38. The number of rotatable bonds is 9. The van der Waals surface area contributed by atoms with E-state index in [1.165, 1.54) is 0 Å². The summed E-state index contributed by atoms with van der Waals surface area (Å²) >= 11 is 0. The number of hydrogen-bond donors (Lipinski definition) is 0. The van der Waals surface area contributed by atoms with Crippen LogP contribution in [0.1, 0.15) is 125 Å². The Hall–Kier alpha value is -1.37. The van der Waals surface area contributed by atoms with Crippen LogP contribution in [0.3, 0.4) is 0 Å². The topological polar surface area (TPSA) is 0 Å². The minimum atomic E-state index is -1.96. The Bertz CT molecular complexity index is 966. The van der Waals surface area contributed by atoms with Crippen LogP contribution in [-0.2, 0) is 0 Å².